The third-order valence-electron chi connectivity index (χ3n) is 3.33. The number of nitrogens with zero attached hydrogens (tertiary/aromatic N) is 3. The zero-order valence-corrected chi connectivity index (χ0v) is 11.3. The molecule has 1 saturated heterocycles. The van der Waals surface area contributed by atoms with Crippen LogP contribution >= 0.6 is 0 Å². The fourth-order valence-electron chi connectivity index (χ4n) is 2.41. The summed E-state index contributed by atoms with van der Waals surface area (Å²) < 4.78 is 6.52. The third-order valence-corrected chi connectivity index (χ3v) is 3.33. The van der Waals surface area contributed by atoms with Crippen LogP contribution in [0.15, 0.2) is 18.2 Å². The van der Waals surface area contributed by atoms with Gasteiger partial charge in [0.1, 0.15) is 0 Å². The Kier molecular flexibility index (Phi) is 3.66. The average Bonchev–Trinajstić information content (AvgIpc) is 2.21. The van der Waals surface area contributed by atoms with Crippen LogP contribution < -0.4 is 5.46 Å². The Morgan fingerprint density at radius 1 is 0.941 bits per heavy atom. The molecule has 1 aromatic carbocycles. The van der Waals surface area contributed by atoms with E-state index >= 15 is 0 Å². The Morgan fingerprint density at radius 2 is 1.53 bits per heavy atom. The molecule has 1 aliphatic rings. The molecule has 0 N–H and O–H groups in total. The van der Waals surface area contributed by atoms with E-state index in [1.807, 2.05) is 7.05 Å². The highest BCUT2D eigenvalue weighted by Gasteiger charge is 2.34. The molecular formula is C11H18B3N3. The van der Waals surface area contributed by atoms with Gasteiger partial charge in [-0.3, -0.25) is 0 Å². The lowest BCUT2D eigenvalue weighted by molar-refractivity contribution is 0.586. The molecule has 1 aliphatic heterocycles. The SMILES string of the molecule is Cc1ccc(B2N(C)[B]N(C)[B]N2C)cc1C. The van der Waals surface area contributed by atoms with Crippen molar-refractivity contribution in [2.45, 2.75) is 13.8 Å². The van der Waals surface area contributed by atoms with Crippen molar-refractivity contribution in [3.8, 4) is 0 Å². The van der Waals surface area contributed by atoms with Crippen LogP contribution in [-0.2, 0) is 0 Å². The minimum atomic E-state index is 0.283. The van der Waals surface area contributed by atoms with E-state index in [9.17, 15) is 0 Å². The first-order valence-corrected chi connectivity index (χ1v) is 5.92. The molecule has 1 aromatic rings. The van der Waals surface area contributed by atoms with Crippen molar-refractivity contribution >= 4 is 27.5 Å². The van der Waals surface area contributed by atoms with Gasteiger partial charge in [0.2, 0.25) is 0 Å². The Bertz CT molecular complexity index is 401. The molecule has 6 heteroatoms. The second kappa shape index (κ2) is 4.88. The average molecular weight is 225 g/mol. The highest BCUT2D eigenvalue weighted by atomic mass is 15.3. The first-order valence-electron chi connectivity index (χ1n) is 5.92. The molecule has 0 atom stereocenters. The van der Waals surface area contributed by atoms with Crippen LogP contribution in [-0.4, -0.2) is 57.4 Å². The normalized spacial score (nSPS) is 19.0. The van der Waals surface area contributed by atoms with Gasteiger partial charge in [-0.2, -0.15) is 0 Å². The monoisotopic (exact) mass is 225 g/mol. The van der Waals surface area contributed by atoms with Gasteiger partial charge >= 0.3 is 6.98 Å². The van der Waals surface area contributed by atoms with Crippen molar-refractivity contribution in [2.24, 2.45) is 0 Å². The number of benzene rings is 1. The molecule has 2 radical (unpaired) electrons. The molecule has 0 aromatic heterocycles. The Balaban J connectivity index is 2.28. The van der Waals surface area contributed by atoms with E-state index in [4.69, 9.17) is 0 Å². The fourth-order valence-corrected chi connectivity index (χ4v) is 2.41. The van der Waals surface area contributed by atoms with Crippen LogP contribution in [0.1, 0.15) is 11.1 Å². The molecule has 0 spiro atoms. The summed E-state index contributed by atoms with van der Waals surface area (Å²) in [4.78, 5) is 0. The van der Waals surface area contributed by atoms with Gasteiger partial charge < -0.3 is 14.2 Å². The zero-order chi connectivity index (χ0) is 12.6. The van der Waals surface area contributed by atoms with Crippen LogP contribution in [0.2, 0.25) is 0 Å². The first kappa shape index (κ1) is 12.7. The van der Waals surface area contributed by atoms with Crippen LogP contribution in [0.4, 0.5) is 0 Å². The van der Waals surface area contributed by atoms with E-state index in [1.165, 1.54) is 16.6 Å². The number of hydrogen-bond acceptors (Lipinski definition) is 3. The predicted octanol–water partition coefficient (Wildman–Crippen LogP) is -0.124. The van der Waals surface area contributed by atoms with Crippen LogP contribution in [0, 0.1) is 13.8 Å². The molecule has 0 bridgehead atoms. The van der Waals surface area contributed by atoms with Crippen molar-refractivity contribution in [3.63, 3.8) is 0 Å². The summed E-state index contributed by atoms with van der Waals surface area (Å²) in [6.07, 6.45) is 0. The summed E-state index contributed by atoms with van der Waals surface area (Å²) in [6.45, 7) is 4.60. The zero-order valence-electron chi connectivity index (χ0n) is 11.3. The van der Waals surface area contributed by atoms with Gasteiger partial charge in [0, 0.05) is 0 Å². The van der Waals surface area contributed by atoms with E-state index in [0.717, 1.165) is 0 Å². The number of rotatable bonds is 1. The van der Waals surface area contributed by atoms with Gasteiger partial charge in [0.15, 0.2) is 0 Å². The van der Waals surface area contributed by atoms with Gasteiger partial charge in [-0.25, -0.2) is 0 Å². The molecule has 3 nitrogen and oxygen atoms in total. The Labute approximate surface area is 106 Å². The summed E-state index contributed by atoms with van der Waals surface area (Å²) in [5, 5.41) is 0. The van der Waals surface area contributed by atoms with Gasteiger partial charge in [0.05, 0.1) is 0 Å². The lowest BCUT2D eigenvalue weighted by atomic mass is 9.54. The summed E-state index contributed by atoms with van der Waals surface area (Å²) in [7, 11) is 10.5. The van der Waals surface area contributed by atoms with Crippen LogP contribution in [0.25, 0.3) is 0 Å². The van der Waals surface area contributed by atoms with Crippen molar-refractivity contribution in [3.05, 3.63) is 29.3 Å². The molecule has 0 saturated carbocycles. The van der Waals surface area contributed by atoms with E-state index in [0.29, 0.717) is 0 Å². The van der Waals surface area contributed by atoms with Gasteiger partial charge in [-0.05, 0) is 51.6 Å². The summed E-state index contributed by atoms with van der Waals surface area (Å²) in [5.41, 5.74) is 4.03. The molecule has 1 fully saturated rings. The largest absolute Gasteiger partial charge is 0.367 e. The molecular weight excluding hydrogens is 207 g/mol. The molecule has 86 valence electrons. The second-order valence-corrected chi connectivity index (χ2v) is 4.94. The van der Waals surface area contributed by atoms with Crippen LogP contribution in [0.3, 0.4) is 0 Å². The van der Waals surface area contributed by atoms with E-state index in [1.54, 1.807) is 0 Å². The molecule has 0 amide bonds. The van der Waals surface area contributed by atoms with Crippen molar-refractivity contribution in [2.75, 3.05) is 21.1 Å². The highest BCUT2D eigenvalue weighted by molar-refractivity contribution is 6.82. The smallest absolute Gasteiger partial charge is 0.324 e. The minimum Gasteiger partial charge on any atom is -0.367 e. The van der Waals surface area contributed by atoms with E-state index < -0.39 is 0 Å². The molecule has 1 heterocycles. The highest BCUT2D eigenvalue weighted by Crippen LogP contribution is 2.08. The van der Waals surface area contributed by atoms with E-state index in [-0.39, 0.29) is 6.98 Å². The lowest BCUT2D eigenvalue weighted by Gasteiger charge is -2.41. The number of aryl methyl sites for hydroxylation is 2. The summed E-state index contributed by atoms with van der Waals surface area (Å²) in [6, 6.07) is 6.69. The van der Waals surface area contributed by atoms with Gasteiger partial charge in [-0.1, -0.05) is 18.2 Å². The molecule has 0 unspecified atom stereocenters. The summed E-state index contributed by atoms with van der Waals surface area (Å²) >= 11 is 0. The standard InChI is InChI=1S/C11H18B3N3/c1-9-6-7-11(8-10(9)2)14-16(4)12-15(3)13-17(14)5/h6-8H,1-5H3. The minimum absolute atomic E-state index is 0.283. The third kappa shape index (κ3) is 2.59. The first-order chi connectivity index (χ1) is 7.99. The summed E-state index contributed by atoms with van der Waals surface area (Å²) in [5.74, 6) is 0. The lowest BCUT2D eigenvalue weighted by Crippen LogP contribution is -2.68. The second-order valence-electron chi connectivity index (χ2n) is 4.94. The van der Waals surface area contributed by atoms with Crippen molar-refractivity contribution < 1.29 is 0 Å². The maximum atomic E-state index is 2.28. The molecule has 17 heavy (non-hydrogen) atoms. The maximum absolute atomic E-state index is 2.28. The van der Waals surface area contributed by atoms with Gasteiger partial charge in [0.25, 0.3) is 15.1 Å². The molecule has 0 aliphatic carbocycles. The topological polar surface area (TPSA) is 9.72 Å². The fraction of sp³-hybridized carbons (Fsp3) is 0.455. The Hall–Kier alpha value is -0.705. The number of hydrogen-bond donors (Lipinski definition) is 0. The van der Waals surface area contributed by atoms with E-state index in [2.05, 4.69) is 75.4 Å². The quantitative estimate of drug-likeness (QED) is 0.616. The van der Waals surface area contributed by atoms with Crippen molar-refractivity contribution in [1.82, 2.24) is 14.2 Å². The van der Waals surface area contributed by atoms with Crippen LogP contribution in [0.5, 0.6) is 0 Å². The van der Waals surface area contributed by atoms with Gasteiger partial charge in [-0.15, -0.1) is 0 Å². The maximum Gasteiger partial charge on any atom is 0.324 e. The predicted molar refractivity (Wildman–Crippen MR) is 76.1 cm³/mol. The van der Waals surface area contributed by atoms with Crippen molar-refractivity contribution in [1.29, 1.82) is 0 Å². The molecule has 2 rings (SSSR count). The Morgan fingerprint density at radius 3 is 2.06 bits per heavy atom.